The summed E-state index contributed by atoms with van der Waals surface area (Å²) < 4.78 is 3.02. The van der Waals surface area contributed by atoms with Crippen LogP contribution < -0.4 is 5.73 Å². The highest BCUT2D eigenvalue weighted by Gasteiger charge is 2.22. The van der Waals surface area contributed by atoms with E-state index in [1.165, 1.54) is 11.3 Å². The molecule has 0 spiro atoms. The number of amides is 1. The van der Waals surface area contributed by atoms with E-state index in [1.54, 1.807) is 6.20 Å². The Morgan fingerprint density at radius 1 is 1.33 bits per heavy atom. The molecule has 0 unspecified atom stereocenters. The predicted molar refractivity (Wildman–Crippen MR) is 81.0 cm³/mol. The van der Waals surface area contributed by atoms with Gasteiger partial charge in [-0.25, -0.2) is 9.97 Å². The molecule has 21 heavy (non-hydrogen) atoms. The first kappa shape index (κ1) is 12.3. The molecular formula is C14H13N5OS. The van der Waals surface area contributed by atoms with Gasteiger partial charge in [-0.05, 0) is 18.2 Å². The summed E-state index contributed by atoms with van der Waals surface area (Å²) in [5.74, 6) is 0.954. The molecule has 1 amide bonds. The Kier molecular flexibility index (Phi) is 2.68. The van der Waals surface area contributed by atoms with Crippen LogP contribution in [0.3, 0.4) is 0 Å². The van der Waals surface area contributed by atoms with Gasteiger partial charge in [0.05, 0.1) is 16.8 Å². The van der Waals surface area contributed by atoms with E-state index in [9.17, 15) is 4.79 Å². The third-order valence-electron chi connectivity index (χ3n) is 3.68. The molecule has 3 heterocycles. The third kappa shape index (κ3) is 2.06. The van der Waals surface area contributed by atoms with Crippen molar-refractivity contribution in [1.82, 2.24) is 19.4 Å². The van der Waals surface area contributed by atoms with Gasteiger partial charge in [0.15, 0.2) is 5.13 Å². The predicted octanol–water partition coefficient (Wildman–Crippen LogP) is 1.73. The molecule has 6 nitrogen and oxygen atoms in total. The Labute approximate surface area is 124 Å². The van der Waals surface area contributed by atoms with Gasteiger partial charge in [0.1, 0.15) is 5.82 Å². The van der Waals surface area contributed by atoms with Crippen molar-refractivity contribution in [2.24, 2.45) is 0 Å². The van der Waals surface area contributed by atoms with Crippen molar-refractivity contribution in [3.63, 3.8) is 0 Å². The van der Waals surface area contributed by atoms with Gasteiger partial charge in [-0.2, -0.15) is 0 Å². The van der Waals surface area contributed by atoms with Gasteiger partial charge < -0.3 is 15.2 Å². The SMILES string of the molecule is Nc1nc2ccc(C(=O)N3CCn4ccnc4C3)cc2s1. The van der Waals surface area contributed by atoms with E-state index < -0.39 is 0 Å². The minimum atomic E-state index is 0.0260. The van der Waals surface area contributed by atoms with E-state index in [0.717, 1.165) is 22.6 Å². The summed E-state index contributed by atoms with van der Waals surface area (Å²) in [6, 6.07) is 5.53. The van der Waals surface area contributed by atoms with E-state index in [4.69, 9.17) is 5.73 Å². The van der Waals surface area contributed by atoms with E-state index in [1.807, 2.05) is 29.3 Å². The van der Waals surface area contributed by atoms with E-state index in [0.29, 0.717) is 23.8 Å². The molecule has 0 saturated carbocycles. The maximum absolute atomic E-state index is 12.6. The molecule has 0 bridgehead atoms. The molecule has 106 valence electrons. The summed E-state index contributed by atoms with van der Waals surface area (Å²) >= 11 is 1.40. The number of rotatable bonds is 1. The fraction of sp³-hybridized carbons (Fsp3) is 0.214. The third-order valence-corrected chi connectivity index (χ3v) is 4.53. The molecule has 2 aromatic heterocycles. The molecule has 2 N–H and O–H groups in total. The summed E-state index contributed by atoms with van der Waals surface area (Å²) in [4.78, 5) is 22.9. The minimum Gasteiger partial charge on any atom is -0.375 e. The lowest BCUT2D eigenvalue weighted by Crippen LogP contribution is -2.38. The van der Waals surface area contributed by atoms with Gasteiger partial charge in [0.25, 0.3) is 5.91 Å². The molecule has 0 atom stereocenters. The second-order valence-electron chi connectivity index (χ2n) is 5.00. The lowest BCUT2D eigenvalue weighted by molar-refractivity contribution is 0.0707. The summed E-state index contributed by atoms with van der Waals surface area (Å²) in [7, 11) is 0. The number of hydrogen-bond acceptors (Lipinski definition) is 5. The van der Waals surface area contributed by atoms with Crippen molar-refractivity contribution in [1.29, 1.82) is 0 Å². The van der Waals surface area contributed by atoms with Gasteiger partial charge in [-0.1, -0.05) is 11.3 Å². The number of nitrogen functional groups attached to an aromatic ring is 1. The molecule has 3 aromatic rings. The smallest absolute Gasteiger partial charge is 0.254 e. The summed E-state index contributed by atoms with van der Waals surface area (Å²) in [5.41, 5.74) is 7.21. The molecule has 1 aliphatic rings. The number of fused-ring (bicyclic) bond motifs is 2. The molecule has 1 aromatic carbocycles. The zero-order valence-corrected chi connectivity index (χ0v) is 12.0. The van der Waals surface area contributed by atoms with Crippen LogP contribution in [0.15, 0.2) is 30.6 Å². The lowest BCUT2D eigenvalue weighted by Gasteiger charge is -2.27. The van der Waals surface area contributed by atoms with Gasteiger partial charge in [0.2, 0.25) is 0 Å². The standard InChI is InChI=1S/C14H13N5OS/c15-14-17-10-2-1-9(7-11(10)21-14)13(20)19-6-5-18-4-3-16-12(18)8-19/h1-4,7H,5-6,8H2,(H2,15,17). The summed E-state index contributed by atoms with van der Waals surface area (Å²) in [5, 5.41) is 0.523. The molecular weight excluding hydrogens is 286 g/mol. The number of carbonyl (C=O) groups is 1. The molecule has 0 saturated heterocycles. The van der Waals surface area contributed by atoms with Gasteiger partial charge in [0, 0.05) is 31.0 Å². The first-order valence-electron chi connectivity index (χ1n) is 6.66. The number of anilines is 1. The average Bonchev–Trinajstić information content (AvgIpc) is 3.09. The highest BCUT2D eigenvalue weighted by Crippen LogP contribution is 2.25. The number of benzene rings is 1. The summed E-state index contributed by atoms with van der Waals surface area (Å²) in [6.07, 6.45) is 3.72. The van der Waals surface area contributed by atoms with Crippen molar-refractivity contribution >= 4 is 32.6 Å². The Balaban J connectivity index is 1.64. The van der Waals surface area contributed by atoms with Crippen molar-refractivity contribution in [3.8, 4) is 0 Å². The van der Waals surface area contributed by atoms with Crippen molar-refractivity contribution in [3.05, 3.63) is 42.0 Å². The Hall–Kier alpha value is -2.41. The number of imidazole rings is 1. The number of nitrogens with zero attached hydrogens (tertiary/aromatic N) is 4. The van der Waals surface area contributed by atoms with Crippen LogP contribution in [0, 0.1) is 0 Å². The van der Waals surface area contributed by atoms with Crippen molar-refractivity contribution in [2.45, 2.75) is 13.1 Å². The van der Waals surface area contributed by atoms with Crippen molar-refractivity contribution in [2.75, 3.05) is 12.3 Å². The van der Waals surface area contributed by atoms with Crippen LogP contribution in [0.1, 0.15) is 16.2 Å². The van der Waals surface area contributed by atoms with Crippen LogP contribution in [0.25, 0.3) is 10.2 Å². The van der Waals surface area contributed by atoms with Crippen LogP contribution >= 0.6 is 11.3 Å². The number of carbonyl (C=O) groups excluding carboxylic acids is 1. The van der Waals surface area contributed by atoms with Gasteiger partial charge in [-0.3, -0.25) is 4.79 Å². The fourth-order valence-electron chi connectivity index (χ4n) is 2.60. The van der Waals surface area contributed by atoms with Crippen LogP contribution in [-0.2, 0) is 13.1 Å². The number of aromatic nitrogens is 3. The highest BCUT2D eigenvalue weighted by atomic mass is 32.1. The topological polar surface area (TPSA) is 77.0 Å². The second kappa shape index (κ2) is 4.56. The maximum Gasteiger partial charge on any atom is 0.254 e. The first-order chi connectivity index (χ1) is 10.2. The average molecular weight is 299 g/mol. The zero-order valence-electron chi connectivity index (χ0n) is 11.2. The first-order valence-corrected chi connectivity index (χ1v) is 7.48. The Bertz CT molecular complexity index is 837. The van der Waals surface area contributed by atoms with Crippen LogP contribution in [0.4, 0.5) is 5.13 Å². The largest absolute Gasteiger partial charge is 0.375 e. The fourth-order valence-corrected chi connectivity index (χ4v) is 3.38. The molecule has 0 fully saturated rings. The van der Waals surface area contributed by atoms with Crippen molar-refractivity contribution < 1.29 is 4.79 Å². The molecule has 7 heteroatoms. The van der Waals surface area contributed by atoms with E-state index in [2.05, 4.69) is 14.5 Å². The summed E-state index contributed by atoms with van der Waals surface area (Å²) in [6.45, 7) is 2.04. The number of hydrogen-bond donors (Lipinski definition) is 1. The maximum atomic E-state index is 12.6. The Morgan fingerprint density at radius 3 is 3.14 bits per heavy atom. The van der Waals surface area contributed by atoms with Crippen LogP contribution in [0.5, 0.6) is 0 Å². The van der Waals surface area contributed by atoms with Gasteiger partial charge in [-0.15, -0.1) is 0 Å². The lowest BCUT2D eigenvalue weighted by atomic mass is 10.1. The molecule has 0 aliphatic carbocycles. The zero-order chi connectivity index (χ0) is 14.4. The van der Waals surface area contributed by atoms with Crippen LogP contribution in [0.2, 0.25) is 0 Å². The number of nitrogens with two attached hydrogens (primary N) is 1. The highest BCUT2D eigenvalue weighted by molar-refractivity contribution is 7.22. The quantitative estimate of drug-likeness (QED) is 0.742. The minimum absolute atomic E-state index is 0.0260. The molecule has 1 aliphatic heterocycles. The van der Waals surface area contributed by atoms with E-state index in [-0.39, 0.29) is 5.91 Å². The van der Waals surface area contributed by atoms with E-state index >= 15 is 0 Å². The van der Waals surface area contributed by atoms with Crippen LogP contribution in [-0.4, -0.2) is 31.9 Å². The molecule has 0 radical (unpaired) electrons. The monoisotopic (exact) mass is 299 g/mol. The normalized spacial score (nSPS) is 14.4. The molecule has 4 rings (SSSR count). The Morgan fingerprint density at radius 2 is 2.24 bits per heavy atom. The number of thiazole rings is 1. The second-order valence-corrected chi connectivity index (χ2v) is 6.06. The van der Waals surface area contributed by atoms with Gasteiger partial charge >= 0.3 is 0 Å².